The molecule has 5 aromatic heterocycles. The first-order chi connectivity index (χ1) is 18.0. The van der Waals surface area contributed by atoms with E-state index < -0.39 is 5.82 Å². The molecular formula is C27H20FN7OS. The third-order valence-electron chi connectivity index (χ3n) is 6.53. The number of anilines is 1. The molecular weight excluding hydrogens is 489 g/mol. The molecule has 1 aliphatic rings. The number of fused-ring (bicyclic) bond motifs is 2. The Bertz CT molecular complexity index is 1830. The Morgan fingerprint density at radius 3 is 2.81 bits per heavy atom. The Morgan fingerprint density at radius 1 is 1.11 bits per heavy atom. The zero-order valence-corrected chi connectivity index (χ0v) is 20.5. The molecule has 8 nitrogen and oxygen atoms in total. The highest BCUT2D eigenvalue weighted by atomic mass is 32.1. The second-order valence-corrected chi connectivity index (χ2v) is 10.5. The molecule has 1 aliphatic carbocycles. The topological polar surface area (TPSA) is 112 Å². The quantitative estimate of drug-likeness (QED) is 0.260. The van der Waals surface area contributed by atoms with Crippen molar-refractivity contribution in [3.05, 3.63) is 65.7 Å². The molecule has 1 saturated carbocycles. The average molecular weight is 510 g/mol. The highest BCUT2D eigenvalue weighted by Gasteiger charge is 2.29. The van der Waals surface area contributed by atoms with Crippen molar-refractivity contribution in [1.29, 1.82) is 0 Å². The monoisotopic (exact) mass is 509 g/mol. The molecule has 0 bridgehead atoms. The van der Waals surface area contributed by atoms with Gasteiger partial charge in [-0.05, 0) is 56.2 Å². The number of benzene rings is 1. The first kappa shape index (κ1) is 21.8. The minimum Gasteiger partial charge on any atom is -0.336 e. The number of imidazole rings is 1. The molecule has 1 amide bonds. The van der Waals surface area contributed by atoms with Gasteiger partial charge in [0.2, 0.25) is 5.91 Å². The van der Waals surface area contributed by atoms with Crippen molar-refractivity contribution in [3.63, 3.8) is 0 Å². The Hall–Kier alpha value is -4.44. The molecule has 10 heteroatoms. The molecule has 0 unspecified atom stereocenters. The lowest BCUT2D eigenvalue weighted by Gasteiger charge is -2.08. The second kappa shape index (κ2) is 8.31. The molecule has 0 saturated heterocycles. The summed E-state index contributed by atoms with van der Waals surface area (Å²) in [4.78, 5) is 31.2. The van der Waals surface area contributed by atoms with Crippen molar-refractivity contribution in [2.45, 2.75) is 19.8 Å². The van der Waals surface area contributed by atoms with Crippen molar-refractivity contribution in [1.82, 2.24) is 30.1 Å². The predicted octanol–water partition coefficient (Wildman–Crippen LogP) is 6.09. The number of aromatic nitrogens is 6. The van der Waals surface area contributed by atoms with Crippen LogP contribution in [-0.2, 0) is 4.79 Å². The van der Waals surface area contributed by atoms with E-state index in [4.69, 9.17) is 4.98 Å². The van der Waals surface area contributed by atoms with Gasteiger partial charge in [-0.15, -0.1) is 11.3 Å². The first-order valence-corrected chi connectivity index (χ1v) is 12.7. The number of aryl methyl sites for hydroxylation is 1. The lowest BCUT2D eigenvalue weighted by atomic mass is 10.0. The summed E-state index contributed by atoms with van der Waals surface area (Å²) in [5, 5.41) is 10.5. The molecule has 1 fully saturated rings. The summed E-state index contributed by atoms with van der Waals surface area (Å²) in [6, 6.07) is 11.1. The van der Waals surface area contributed by atoms with E-state index in [1.54, 1.807) is 48.1 Å². The van der Waals surface area contributed by atoms with E-state index in [0.29, 0.717) is 44.8 Å². The summed E-state index contributed by atoms with van der Waals surface area (Å²) in [5.41, 5.74) is 4.66. The summed E-state index contributed by atoms with van der Waals surface area (Å²) < 4.78 is 16.0. The van der Waals surface area contributed by atoms with Gasteiger partial charge in [-0.3, -0.25) is 19.9 Å². The number of halogens is 1. The van der Waals surface area contributed by atoms with Gasteiger partial charge in [0.1, 0.15) is 22.7 Å². The van der Waals surface area contributed by atoms with Crippen LogP contribution < -0.4 is 5.32 Å². The summed E-state index contributed by atoms with van der Waals surface area (Å²) in [6.07, 6.45) is 6.69. The molecule has 37 heavy (non-hydrogen) atoms. The summed E-state index contributed by atoms with van der Waals surface area (Å²) in [5.74, 6) is 0.0434. The van der Waals surface area contributed by atoms with Crippen LogP contribution >= 0.6 is 11.3 Å². The fourth-order valence-electron chi connectivity index (χ4n) is 4.50. The fraction of sp³-hybridized carbons (Fsp3) is 0.148. The van der Waals surface area contributed by atoms with Crippen molar-refractivity contribution in [2.24, 2.45) is 5.92 Å². The standard InChI is InChI=1S/C27H20FN7OS/c1-13-2-7-20(37-13)24-23-19(8-9-30-24)32-26(33-23)25-21-18(34-35-25)6-5-17(22(21)28)15-10-16(12-29-11-15)31-27(36)14-3-4-14/h2,5-12,14H,3-4H2,1H3,(H,31,36)(H,32,33)(H,34,35). The van der Waals surface area contributed by atoms with Crippen LogP contribution in [0, 0.1) is 18.7 Å². The Labute approximate surface area is 214 Å². The maximum Gasteiger partial charge on any atom is 0.227 e. The third kappa shape index (κ3) is 3.77. The van der Waals surface area contributed by atoms with Gasteiger partial charge in [0.25, 0.3) is 0 Å². The minimum absolute atomic E-state index is 0.0246. The van der Waals surface area contributed by atoms with Crippen LogP contribution in [0.1, 0.15) is 17.7 Å². The van der Waals surface area contributed by atoms with Crippen LogP contribution in [0.5, 0.6) is 0 Å². The maximum absolute atomic E-state index is 16.0. The molecule has 0 spiro atoms. The number of nitrogens with one attached hydrogen (secondary N) is 3. The maximum atomic E-state index is 16.0. The van der Waals surface area contributed by atoms with E-state index in [1.807, 2.05) is 25.1 Å². The SMILES string of the molecule is Cc1ccc(-c2nccc3[nH]c(-c4n[nH]c5ccc(-c6cncc(NC(=O)C7CC7)c6)c(F)c45)nc23)s1. The Balaban J connectivity index is 1.32. The van der Waals surface area contributed by atoms with Crippen LogP contribution in [0.15, 0.2) is 55.0 Å². The lowest BCUT2D eigenvalue weighted by molar-refractivity contribution is -0.117. The zero-order valence-electron chi connectivity index (χ0n) is 19.7. The normalized spacial score (nSPS) is 13.5. The van der Waals surface area contributed by atoms with Gasteiger partial charge in [0.15, 0.2) is 5.82 Å². The van der Waals surface area contributed by atoms with Crippen molar-refractivity contribution in [3.8, 4) is 33.2 Å². The number of nitrogens with zero attached hydrogens (tertiary/aromatic N) is 4. The number of carbonyl (C=O) groups is 1. The van der Waals surface area contributed by atoms with Crippen molar-refractivity contribution < 1.29 is 9.18 Å². The van der Waals surface area contributed by atoms with Crippen LogP contribution in [0.25, 0.3) is 55.2 Å². The Kier molecular flexibility index (Phi) is 4.90. The molecule has 3 N–H and O–H groups in total. The van der Waals surface area contributed by atoms with Crippen LogP contribution in [0.2, 0.25) is 0 Å². The predicted molar refractivity (Wildman–Crippen MR) is 142 cm³/mol. The van der Waals surface area contributed by atoms with E-state index in [-0.39, 0.29) is 11.8 Å². The molecule has 1 aromatic carbocycles. The van der Waals surface area contributed by atoms with E-state index in [9.17, 15) is 4.79 Å². The fourth-order valence-corrected chi connectivity index (χ4v) is 5.37. The molecule has 0 radical (unpaired) electrons. The molecule has 0 aliphatic heterocycles. The number of carbonyl (C=O) groups excluding carboxylic acids is 1. The number of thiophene rings is 1. The average Bonchev–Trinajstić information content (AvgIpc) is 3.29. The lowest BCUT2D eigenvalue weighted by Crippen LogP contribution is -2.13. The van der Waals surface area contributed by atoms with Crippen LogP contribution in [0.4, 0.5) is 10.1 Å². The minimum atomic E-state index is -0.443. The second-order valence-electron chi connectivity index (χ2n) is 9.20. The summed E-state index contributed by atoms with van der Waals surface area (Å²) >= 11 is 1.65. The number of pyridine rings is 2. The highest BCUT2D eigenvalue weighted by Crippen LogP contribution is 2.36. The molecule has 7 rings (SSSR count). The van der Waals surface area contributed by atoms with Gasteiger partial charge in [-0.1, -0.05) is 0 Å². The van der Waals surface area contributed by atoms with Crippen molar-refractivity contribution in [2.75, 3.05) is 5.32 Å². The zero-order chi connectivity index (χ0) is 25.1. The molecule has 0 atom stereocenters. The van der Waals surface area contributed by atoms with Crippen LogP contribution in [0.3, 0.4) is 0 Å². The number of H-pyrrole nitrogens is 2. The van der Waals surface area contributed by atoms with Gasteiger partial charge in [-0.25, -0.2) is 9.37 Å². The number of aromatic amines is 2. The first-order valence-electron chi connectivity index (χ1n) is 11.9. The Morgan fingerprint density at radius 2 is 2.00 bits per heavy atom. The van der Waals surface area contributed by atoms with E-state index in [2.05, 4.69) is 30.5 Å². The molecule has 182 valence electrons. The number of amides is 1. The number of hydrogen-bond acceptors (Lipinski definition) is 6. The van der Waals surface area contributed by atoms with Gasteiger partial charge >= 0.3 is 0 Å². The smallest absolute Gasteiger partial charge is 0.227 e. The third-order valence-corrected chi connectivity index (χ3v) is 7.54. The van der Waals surface area contributed by atoms with Crippen LogP contribution in [-0.4, -0.2) is 36.0 Å². The van der Waals surface area contributed by atoms with Crippen molar-refractivity contribution >= 4 is 44.9 Å². The molecule has 6 aromatic rings. The number of hydrogen-bond donors (Lipinski definition) is 3. The van der Waals surface area contributed by atoms with E-state index >= 15 is 4.39 Å². The van der Waals surface area contributed by atoms with Gasteiger partial charge in [0, 0.05) is 34.3 Å². The van der Waals surface area contributed by atoms with Gasteiger partial charge in [0.05, 0.1) is 33.2 Å². The van der Waals surface area contributed by atoms with E-state index in [1.165, 1.54) is 4.88 Å². The molecule has 5 heterocycles. The van der Waals surface area contributed by atoms with Gasteiger partial charge < -0.3 is 10.3 Å². The summed E-state index contributed by atoms with van der Waals surface area (Å²) in [7, 11) is 0. The largest absolute Gasteiger partial charge is 0.336 e. The summed E-state index contributed by atoms with van der Waals surface area (Å²) in [6.45, 7) is 2.05. The van der Waals surface area contributed by atoms with E-state index in [0.717, 1.165) is 28.9 Å². The highest BCUT2D eigenvalue weighted by molar-refractivity contribution is 7.15. The number of rotatable bonds is 5. The van der Waals surface area contributed by atoms with Gasteiger partial charge in [-0.2, -0.15) is 5.10 Å².